The van der Waals surface area contributed by atoms with Crippen LogP contribution >= 0.6 is 11.6 Å². The Bertz CT molecular complexity index is 1530. The molecule has 7 nitrogen and oxygen atoms in total. The molecular weight excluding hydrogens is 608 g/mol. The van der Waals surface area contributed by atoms with Crippen LogP contribution in [0.15, 0.2) is 36.4 Å². The van der Waals surface area contributed by atoms with E-state index in [1.54, 1.807) is 13.0 Å². The summed E-state index contributed by atoms with van der Waals surface area (Å²) >= 11 is 6.43. The number of fused-ring (bicyclic) bond motifs is 4. The fraction of sp³-hybridized carbons (Fsp3) is 0.639. The lowest BCUT2D eigenvalue weighted by Crippen LogP contribution is -2.53. The van der Waals surface area contributed by atoms with Crippen molar-refractivity contribution in [1.82, 2.24) is 4.72 Å². The lowest BCUT2D eigenvalue weighted by molar-refractivity contribution is -0.0950. The molecule has 6 atom stereocenters. The monoisotopic (exact) mass is 656 g/mol. The fourth-order valence-electron chi connectivity index (χ4n) is 8.56. The van der Waals surface area contributed by atoms with Gasteiger partial charge in [-0.25, -0.2) is 13.1 Å². The predicted octanol–water partition coefficient (Wildman–Crippen LogP) is 7.03. The van der Waals surface area contributed by atoms with E-state index in [-0.39, 0.29) is 17.3 Å². The highest BCUT2D eigenvalue weighted by atomic mass is 35.5. The van der Waals surface area contributed by atoms with E-state index in [1.165, 1.54) is 11.1 Å². The van der Waals surface area contributed by atoms with Crippen LogP contribution in [0.3, 0.4) is 0 Å². The van der Waals surface area contributed by atoms with Gasteiger partial charge in [-0.2, -0.15) is 0 Å². The summed E-state index contributed by atoms with van der Waals surface area (Å²) < 4.78 is 35.7. The molecule has 2 bridgehead atoms. The molecule has 4 aliphatic rings. The summed E-state index contributed by atoms with van der Waals surface area (Å²) in [6.45, 7) is 7.74. The second kappa shape index (κ2) is 12.7. The quantitative estimate of drug-likeness (QED) is 0.368. The van der Waals surface area contributed by atoms with Crippen LogP contribution in [0, 0.1) is 17.8 Å². The molecule has 45 heavy (non-hydrogen) atoms. The van der Waals surface area contributed by atoms with Gasteiger partial charge in [-0.3, -0.25) is 4.79 Å². The Balaban J connectivity index is 1.43. The Morgan fingerprint density at radius 1 is 1.09 bits per heavy atom. The number of hydrogen-bond donors (Lipinski definition) is 2. The number of nitrogens with zero attached hydrogens (tertiary/aromatic N) is 1. The van der Waals surface area contributed by atoms with Crippen molar-refractivity contribution in [1.29, 1.82) is 0 Å². The lowest BCUT2D eigenvalue weighted by Gasteiger charge is -2.50. The third-order valence-electron chi connectivity index (χ3n) is 11.6. The van der Waals surface area contributed by atoms with Gasteiger partial charge < -0.3 is 14.7 Å². The van der Waals surface area contributed by atoms with Gasteiger partial charge in [0.1, 0.15) is 5.75 Å². The molecule has 1 saturated carbocycles. The van der Waals surface area contributed by atoms with Crippen molar-refractivity contribution in [2.24, 2.45) is 17.8 Å². The van der Waals surface area contributed by atoms with Crippen LogP contribution in [0.4, 0.5) is 5.69 Å². The second-order valence-electron chi connectivity index (χ2n) is 14.5. The van der Waals surface area contributed by atoms with Gasteiger partial charge in [0.15, 0.2) is 0 Å². The lowest BCUT2D eigenvalue weighted by atomic mass is 9.61. The van der Waals surface area contributed by atoms with E-state index in [1.807, 2.05) is 25.1 Å². The van der Waals surface area contributed by atoms with Gasteiger partial charge in [0.25, 0.3) is 5.91 Å². The predicted molar refractivity (Wildman–Crippen MR) is 180 cm³/mol. The molecule has 2 aromatic rings. The summed E-state index contributed by atoms with van der Waals surface area (Å²) in [5.74, 6) is 0.422. The first-order valence-electron chi connectivity index (χ1n) is 17.0. The highest BCUT2D eigenvalue weighted by Crippen LogP contribution is 2.50. The number of hydrogen-bond acceptors (Lipinski definition) is 6. The number of benzene rings is 2. The molecule has 0 unspecified atom stereocenters. The zero-order valence-electron chi connectivity index (χ0n) is 27.0. The summed E-state index contributed by atoms with van der Waals surface area (Å²) in [6.07, 6.45) is 9.90. The number of rotatable bonds is 3. The smallest absolute Gasteiger partial charge is 0.264 e. The zero-order chi connectivity index (χ0) is 32.0. The minimum atomic E-state index is -3.91. The first kappa shape index (κ1) is 32.6. The number of aryl methyl sites for hydroxylation is 1. The van der Waals surface area contributed by atoms with Gasteiger partial charge in [-0.1, -0.05) is 50.8 Å². The maximum atomic E-state index is 13.5. The van der Waals surface area contributed by atoms with Crippen LogP contribution in [0.25, 0.3) is 0 Å². The van der Waals surface area contributed by atoms with E-state index in [2.05, 4.69) is 28.7 Å². The number of nitrogens with one attached hydrogen (secondary N) is 1. The zero-order valence-corrected chi connectivity index (χ0v) is 28.6. The van der Waals surface area contributed by atoms with Crippen molar-refractivity contribution < 1.29 is 23.1 Å². The van der Waals surface area contributed by atoms with Crippen LogP contribution in [-0.4, -0.2) is 50.0 Å². The summed E-state index contributed by atoms with van der Waals surface area (Å²) in [7, 11) is -3.91. The van der Waals surface area contributed by atoms with Crippen LogP contribution < -0.4 is 14.4 Å². The number of carbonyl (C=O) groups excluding carboxylic acids is 1. The third-order valence-corrected chi connectivity index (χ3v) is 13.8. The molecule has 2 aliphatic carbocycles. The van der Waals surface area contributed by atoms with Gasteiger partial charge in [0.05, 0.1) is 23.1 Å². The molecule has 6 rings (SSSR count). The Hall–Kier alpha value is -2.29. The maximum Gasteiger partial charge on any atom is 0.264 e. The van der Waals surface area contributed by atoms with Crippen LogP contribution in [0.2, 0.25) is 5.02 Å². The fourth-order valence-corrected chi connectivity index (χ4v) is 10.1. The standard InChI is InChI=1S/C36H49ClN2O5S/c1-4-5-17-36(41)18-6-8-24(2)25(3)45(42,43)38-34(40)27-11-15-33-32(20-27)39(21-28-10-13-31(28)36)22-35(23-44-33)16-7-9-26-19-29(37)12-14-30(26)35/h11-12,14-15,19-20,24-25,28,31,41H,4-10,13,16-18,21-23H2,1-3H3,(H,38,40)/t24-,25+,28-,31+,35-,36+/m0/s1. The summed E-state index contributed by atoms with van der Waals surface area (Å²) in [5.41, 5.74) is 2.62. The number of aliphatic hydroxyl groups is 1. The minimum absolute atomic E-state index is 0.156. The number of unbranched alkanes of at least 4 members (excludes halogenated alkanes) is 1. The van der Waals surface area contributed by atoms with E-state index in [9.17, 15) is 18.3 Å². The highest BCUT2D eigenvalue weighted by molar-refractivity contribution is 7.90. The summed E-state index contributed by atoms with van der Waals surface area (Å²) in [6, 6.07) is 11.5. The number of halogens is 1. The minimum Gasteiger partial charge on any atom is -0.490 e. The molecule has 1 amide bonds. The second-order valence-corrected chi connectivity index (χ2v) is 17.0. The van der Waals surface area contributed by atoms with Gasteiger partial charge >= 0.3 is 0 Å². The van der Waals surface area contributed by atoms with E-state index < -0.39 is 26.8 Å². The molecule has 246 valence electrons. The van der Waals surface area contributed by atoms with Gasteiger partial charge in [0, 0.05) is 29.1 Å². The van der Waals surface area contributed by atoms with Crippen molar-refractivity contribution in [2.45, 2.75) is 108 Å². The normalized spacial score (nSPS) is 33.2. The van der Waals surface area contributed by atoms with Crippen molar-refractivity contribution in [3.63, 3.8) is 0 Å². The van der Waals surface area contributed by atoms with Crippen molar-refractivity contribution in [3.05, 3.63) is 58.1 Å². The average Bonchev–Trinajstić information content (AvgIpc) is 3.14. The SMILES string of the molecule is CCCC[C@@]1(O)CCC[C@H](C)[C@@H](C)S(=O)(=O)NC(=O)c2ccc3c(c2)N(C[C@@H]2CC[C@H]21)C[C@@]1(CCCc2cc(Cl)ccc21)CO3. The topological polar surface area (TPSA) is 95.9 Å². The van der Waals surface area contributed by atoms with Crippen LogP contribution in [-0.2, 0) is 21.9 Å². The Morgan fingerprint density at radius 2 is 1.91 bits per heavy atom. The molecule has 0 aromatic heterocycles. The molecule has 2 aliphatic heterocycles. The van der Waals surface area contributed by atoms with Gasteiger partial charge in [-0.05, 0) is 118 Å². The molecule has 2 aromatic carbocycles. The van der Waals surface area contributed by atoms with Crippen LogP contribution in [0.5, 0.6) is 5.75 Å². The van der Waals surface area contributed by atoms with Gasteiger partial charge in [0.2, 0.25) is 10.0 Å². The summed E-state index contributed by atoms with van der Waals surface area (Å²) in [5, 5.41) is 12.3. The van der Waals surface area contributed by atoms with Crippen molar-refractivity contribution in [3.8, 4) is 5.75 Å². The summed E-state index contributed by atoms with van der Waals surface area (Å²) in [4.78, 5) is 15.8. The first-order valence-corrected chi connectivity index (χ1v) is 19.0. The molecule has 1 spiro atoms. The average molecular weight is 657 g/mol. The number of amides is 1. The Kier molecular flexibility index (Phi) is 9.23. The van der Waals surface area contributed by atoms with Crippen molar-refractivity contribution in [2.75, 3.05) is 24.6 Å². The molecule has 1 fully saturated rings. The Labute approximate surface area is 274 Å². The van der Waals surface area contributed by atoms with Crippen molar-refractivity contribution >= 4 is 33.2 Å². The molecule has 0 radical (unpaired) electrons. The molecule has 9 heteroatoms. The van der Waals surface area contributed by atoms with E-state index in [0.29, 0.717) is 43.2 Å². The van der Waals surface area contributed by atoms with E-state index in [4.69, 9.17) is 16.3 Å². The molecule has 2 N–H and O–H groups in total. The van der Waals surface area contributed by atoms with Gasteiger partial charge in [-0.15, -0.1) is 0 Å². The molecular formula is C36H49ClN2O5S. The number of anilines is 1. The Morgan fingerprint density at radius 3 is 2.67 bits per heavy atom. The highest BCUT2D eigenvalue weighted by Gasteiger charge is 2.48. The number of ether oxygens (including phenoxy) is 1. The van der Waals surface area contributed by atoms with Crippen LogP contribution in [0.1, 0.15) is 106 Å². The van der Waals surface area contributed by atoms with E-state index >= 15 is 0 Å². The third kappa shape index (κ3) is 6.36. The number of carbonyl (C=O) groups is 1. The van der Waals surface area contributed by atoms with E-state index in [0.717, 1.165) is 75.0 Å². The number of sulfonamides is 1. The molecule has 2 heterocycles. The maximum absolute atomic E-state index is 13.5. The first-order chi connectivity index (χ1) is 21.4. The largest absolute Gasteiger partial charge is 0.490 e. The molecule has 0 saturated heterocycles.